The first-order chi connectivity index (χ1) is 8.65. The molecule has 0 amide bonds. The van der Waals surface area contributed by atoms with Crippen molar-refractivity contribution in [3.05, 3.63) is 51.2 Å². The van der Waals surface area contributed by atoms with Crippen LogP contribution in [0.5, 0.6) is 0 Å². The largest absolute Gasteiger partial charge is 0.460 e. The molecule has 94 valence electrons. The molecule has 5 heteroatoms. The summed E-state index contributed by atoms with van der Waals surface area (Å²) >= 11 is 7.19. The Balaban J connectivity index is 1.88. The molecule has 2 aromatic rings. The van der Waals surface area contributed by atoms with Crippen LogP contribution in [0.25, 0.3) is 0 Å². The molecular weight excluding hydrogens is 270 g/mol. The highest BCUT2D eigenvalue weighted by atomic mass is 35.5. The van der Waals surface area contributed by atoms with Gasteiger partial charge in [0.15, 0.2) is 0 Å². The Morgan fingerprint density at radius 3 is 2.72 bits per heavy atom. The number of thiophene rings is 1. The number of nitrogens with two attached hydrogens (primary N) is 1. The second-order valence-corrected chi connectivity index (χ2v) is 5.54. The van der Waals surface area contributed by atoms with Crippen molar-refractivity contribution in [3.8, 4) is 0 Å². The number of esters is 1. The van der Waals surface area contributed by atoms with Crippen LogP contribution in [0.4, 0.5) is 5.69 Å². The maximum absolute atomic E-state index is 11.6. The zero-order chi connectivity index (χ0) is 13.0. The molecule has 0 radical (unpaired) electrons. The number of carbonyl (C=O) groups is 1. The van der Waals surface area contributed by atoms with Gasteiger partial charge in [-0.2, -0.15) is 0 Å². The van der Waals surface area contributed by atoms with Gasteiger partial charge in [0.25, 0.3) is 0 Å². The Labute approximate surface area is 114 Å². The van der Waals surface area contributed by atoms with E-state index in [4.69, 9.17) is 22.1 Å². The van der Waals surface area contributed by atoms with Crippen LogP contribution in [-0.4, -0.2) is 5.97 Å². The minimum absolute atomic E-state index is 0.186. The number of benzene rings is 1. The number of carbonyl (C=O) groups excluding carboxylic acids is 1. The summed E-state index contributed by atoms with van der Waals surface area (Å²) in [5.41, 5.74) is 7.15. The van der Waals surface area contributed by atoms with Crippen LogP contribution in [0.2, 0.25) is 4.34 Å². The van der Waals surface area contributed by atoms with Crippen molar-refractivity contribution in [2.45, 2.75) is 13.0 Å². The Bertz CT molecular complexity index is 553. The number of ether oxygens (including phenoxy) is 1. The standard InChI is InChI=1S/C13H12ClNO2S/c14-12-6-5-10(18-12)8-17-13(16)7-9-3-1-2-4-11(9)15/h1-6H,7-8,15H2. The molecule has 1 heterocycles. The number of anilines is 1. The highest BCUT2D eigenvalue weighted by Gasteiger charge is 2.08. The maximum Gasteiger partial charge on any atom is 0.310 e. The van der Waals surface area contributed by atoms with E-state index in [0.29, 0.717) is 10.0 Å². The lowest BCUT2D eigenvalue weighted by atomic mass is 10.1. The van der Waals surface area contributed by atoms with Gasteiger partial charge in [-0.15, -0.1) is 11.3 Å². The van der Waals surface area contributed by atoms with Crippen molar-refractivity contribution >= 4 is 34.6 Å². The molecular formula is C13H12ClNO2S. The van der Waals surface area contributed by atoms with E-state index in [1.54, 1.807) is 12.1 Å². The summed E-state index contributed by atoms with van der Waals surface area (Å²) in [4.78, 5) is 12.6. The molecule has 2 rings (SSSR count). The lowest BCUT2D eigenvalue weighted by molar-refractivity contribution is -0.144. The zero-order valence-corrected chi connectivity index (χ0v) is 11.1. The van der Waals surface area contributed by atoms with Crippen LogP contribution in [0, 0.1) is 0 Å². The van der Waals surface area contributed by atoms with Crippen molar-refractivity contribution in [2.24, 2.45) is 0 Å². The normalized spacial score (nSPS) is 10.3. The Morgan fingerprint density at radius 2 is 2.06 bits per heavy atom. The number of halogens is 1. The van der Waals surface area contributed by atoms with E-state index >= 15 is 0 Å². The molecule has 0 atom stereocenters. The van der Waals surface area contributed by atoms with Crippen molar-refractivity contribution in [3.63, 3.8) is 0 Å². The first-order valence-electron chi connectivity index (χ1n) is 5.38. The fourth-order valence-electron chi connectivity index (χ4n) is 1.48. The molecule has 0 fully saturated rings. The molecule has 0 aliphatic heterocycles. The molecule has 3 nitrogen and oxygen atoms in total. The zero-order valence-electron chi connectivity index (χ0n) is 9.56. The van der Waals surface area contributed by atoms with E-state index in [0.717, 1.165) is 10.4 Å². The van der Waals surface area contributed by atoms with Gasteiger partial charge in [-0.25, -0.2) is 0 Å². The predicted octanol–water partition coefficient (Wildman–Crippen LogP) is 3.27. The predicted molar refractivity (Wildman–Crippen MR) is 73.7 cm³/mol. The maximum atomic E-state index is 11.6. The third-order valence-electron chi connectivity index (χ3n) is 2.39. The smallest absolute Gasteiger partial charge is 0.310 e. The van der Waals surface area contributed by atoms with Crippen LogP contribution in [0.15, 0.2) is 36.4 Å². The Morgan fingerprint density at radius 1 is 1.28 bits per heavy atom. The first-order valence-corrected chi connectivity index (χ1v) is 6.58. The van der Waals surface area contributed by atoms with Gasteiger partial charge in [-0.1, -0.05) is 29.8 Å². The van der Waals surface area contributed by atoms with Crippen molar-refractivity contribution in [1.82, 2.24) is 0 Å². The SMILES string of the molecule is Nc1ccccc1CC(=O)OCc1ccc(Cl)s1. The molecule has 18 heavy (non-hydrogen) atoms. The van der Waals surface area contributed by atoms with E-state index in [1.165, 1.54) is 11.3 Å². The molecule has 1 aromatic heterocycles. The van der Waals surface area contributed by atoms with Crippen LogP contribution in [0.3, 0.4) is 0 Å². The average molecular weight is 282 g/mol. The Hall–Kier alpha value is -1.52. The van der Waals surface area contributed by atoms with E-state index in [-0.39, 0.29) is 19.0 Å². The molecule has 0 spiro atoms. The van der Waals surface area contributed by atoms with Crippen molar-refractivity contribution < 1.29 is 9.53 Å². The van der Waals surface area contributed by atoms with Gasteiger partial charge in [0.1, 0.15) is 6.61 Å². The van der Waals surface area contributed by atoms with Gasteiger partial charge in [-0.05, 0) is 23.8 Å². The highest BCUT2D eigenvalue weighted by molar-refractivity contribution is 7.16. The summed E-state index contributed by atoms with van der Waals surface area (Å²) in [6.07, 6.45) is 0.186. The van der Waals surface area contributed by atoms with Crippen molar-refractivity contribution in [1.29, 1.82) is 0 Å². The van der Waals surface area contributed by atoms with E-state index in [9.17, 15) is 4.79 Å². The summed E-state index contributed by atoms with van der Waals surface area (Å²) < 4.78 is 5.85. The number of hydrogen-bond acceptors (Lipinski definition) is 4. The van der Waals surface area contributed by atoms with E-state index in [2.05, 4.69) is 0 Å². The van der Waals surface area contributed by atoms with Gasteiger partial charge in [-0.3, -0.25) is 4.79 Å². The third kappa shape index (κ3) is 3.48. The minimum Gasteiger partial charge on any atom is -0.460 e. The molecule has 2 N–H and O–H groups in total. The lowest BCUT2D eigenvalue weighted by Gasteiger charge is -2.05. The van der Waals surface area contributed by atoms with Crippen LogP contribution in [0.1, 0.15) is 10.4 Å². The molecule has 0 saturated carbocycles. The van der Waals surface area contributed by atoms with Gasteiger partial charge < -0.3 is 10.5 Å². The molecule has 0 saturated heterocycles. The van der Waals surface area contributed by atoms with E-state index < -0.39 is 0 Å². The van der Waals surface area contributed by atoms with Crippen molar-refractivity contribution in [2.75, 3.05) is 5.73 Å². The highest BCUT2D eigenvalue weighted by Crippen LogP contribution is 2.22. The van der Waals surface area contributed by atoms with Gasteiger partial charge in [0.2, 0.25) is 0 Å². The quantitative estimate of drug-likeness (QED) is 0.691. The summed E-state index contributed by atoms with van der Waals surface area (Å²) in [6, 6.07) is 10.9. The summed E-state index contributed by atoms with van der Waals surface area (Å²) in [7, 11) is 0. The fraction of sp³-hybridized carbons (Fsp3) is 0.154. The first kappa shape index (κ1) is 12.9. The van der Waals surface area contributed by atoms with Gasteiger partial charge in [0, 0.05) is 10.6 Å². The minimum atomic E-state index is -0.294. The number of hydrogen-bond donors (Lipinski definition) is 1. The van der Waals surface area contributed by atoms with Gasteiger partial charge >= 0.3 is 5.97 Å². The van der Waals surface area contributed by atoms with Crippen LogP contribution < -0.4 is 5.73 Å². The van der Waals surface area contributed by atoms with Crippen LogP contribution >= 0.6 is 22.9 Å². The number of rotatable bonds is 4. The molecule has 1 aromatic carbocycles. The Kier molecular flexibility index (Phi) is 4.23. The molecule has 0 aliphatic rings. The molecule has 0 unspecified atom stereocenters. The summed E-state index contributed by atoms with van der Waals surface area (Å²) in [6.45, 7) is 0.253. The lowest BCUT2D eigenvalue weighted by Crippen LogP contribution is -2.09. The topological polar surface area (TPSA) is 52.3 Å². The van der Waals surface area contributed by atoms with Gasteiger partial charge in [0.05, 0.1) is 10.8 Å². The molecule has 0 bridgehead atoms. The summed E-state index contributed by atoms with van der Waals surface area (Å²) in [5, 5.41) is 0. The monoisotopic (exact) mass is 281 g/mol. The second kappa shape index (κ2) is 5.89. The van der Waals surface area contributed by atoms with Crippen LogP contribution in [-0.2, 0) is 22.6 Å². The fourth-order valence-corrected chi connectivity index (χ4v) is 2.48. The van der Waals surface area contributed by atoms with E-state index in [1.807, 2.05) is 24.3 Å². The third-order valence-corrected chi connectivity index (χ3v) is 3.60. The number of para-hydroxylation sites is 1. The summed E-state index contributed by atoms with van der Waals surface area (Å²) in [5.74, 6) is -0.294. The number of nitrogen functional groups attached to an aromatic ring is 1. The second-order valence-electron chi connectivity index (χ2n) is 3.74. The molecule has 0 aliphatic carbocycles. The average Bonchev–Trinajstić information content (AvgIpc) is 2.76.